The Bertz CT molecular complexity index is 744. The van der Waals surface area contributed by atoms with Crippen LogP contribution >= 0.6 is 15.9 Å². The summed E-state index contributed by atoms with van der Waals surface area (Å²) in [5, 5.41) is 10.9. The van der Waals surface area contributed by atoms with Crippen LogP contribution in [0.25, 0.3) is 10.9 Å². The topological polar surface area (TPSA) is 48.4 Å². The third-order valence-electron chi connectivity index (χ3n) is 2.89. The normalized spacial score (nSPS) is 11.4. The van der Waals surface area contributed by atoms with Crippen LogP contribution in [0, 0.1) is 0 Å². The molecule has 2 N–H and O–H groups in total. The summed E-state index contributed by atoms with van der Waals surface area (Å²) in [6.07, 6.45) is 1.68. The first-order chi connectivity index (χ1) is 9.24. The number of hydrogen-bond acceptors (Lipinski definition) is 2. The van der Waals surface area contributed by atoms with Gasteiger partial charge in [-0.1, -0.05) is 34.1 Å². The van der Waals surface area contributed by atoms with E-state index in [0.29, 0.717) is 5.56 Å². The summed E-state index contributed by atoms with van der Waals surface area (Å²) in [5.74, 6) is 0.141. The van der Waals surface area contributed by atoms with Crippen LogP contribution in [0.5, 0.6) is 5.88 Å². The Morgan fingerprint density at radius 1 is 1.05 bits per heavy atom. The summed E-state index contributed by atoms with van der Waals surface area (Å²) in [6, 6.07) is 15.4. The lowest BCUT2D eigenvalue weighted by molar-refractivity contribution is 0.457. The van der Waals surface area contributed by atoms with Crippen molar-refractivity contribution in [1.29, 1.82) is 0 Å². The van der Waals surface area contributed by atoms with Gasteiger partial charge in [0.25, 0.3) is 0 Å². The number of nitrogens with zero attached hydrogens (tertiary/aromatic N) is 1. The molecule has 2 aromatic carbocycles. The molecule has 1 heterocycles. The second kappa shape index (κ2) is 4.90. The zero-order valence-corrected chi connectivity index (χ0v) is 11.6. The van der Waals surface area contributed by atoms with Crippen molar-refractivity contribution in [2.45, 2.75) is 0 Å². The van der Waals surface area contributed by atoms with Crippen LogP contribution in [0.4, 0.5) is 5.69 Å². The number of aliphatic imine (C=N–C) groups is 1. The van der Waals surface area contributed by atoms with Gasteiger partial charge in [-0.05, 0) is 30.3 Å². The van der Waals surface area contributed by atoms with Gasteiger partial charge in [-0.15, -0.1) is 0 Å². The van der Waals surface area contributed by atoms with Crippen LogP contribution in [-0.2, 0) is 0 Å². The van der Waals surface area contributed by atoms with E-state index in [-0.39, 0.29) is 5.88 Å². The van der Waals surface area contributed by atoms with Crippen molar-refractivity contribution in [3.8, 4) is 5.88 Å². The zero-order valence-electron chi connectivity index (χ0n) is 9.97. The number of fused-ring (bicyclic) bond motifs is 1. The van der Waals surface area contributed by atoms with Crippen molar-refractivity contribution < 1.29 is 5.11 Å². The predicted molar refractivity (Wildman–Crippen MR) is 81.4 cm³/mol. The smallest absolute Gasteiger partial charge is 0.198 e. The number of aromatic amines is 1. The highest BCUT2D eigenvalue weighted by molar-refractivity contribution is 9.10. The van der Waals surface area contributed by atoms with Crippen molar-refractivity contribution in [1.82, 2.24) is 4.98 Å². The van der Waals surface area contributed by atoms with Gasteiger partial charge < -0.3 is 10.1 Å². The Balaban J connectivity index is 2.01. The molecule has 0 aliphatic carbocycles. The Morgan fingerprint density at radius 3 is 2.58 bits per heavy atom. The fraction of sp³-hybridized carbons (Fsp3) is 0. The van der Waals surface area contributed by atoms with Crippen molar-refractivity contribution in [3.63, 3.8) is 0 Å². The van der Waals surface area contributed by atoms with Gasteiger partial charge in [-0.2, -0.15) is 0 Å². The maximum Gasteiger partial charge on any atom is 0.198 e. The molecule has 0 bridgehead atoms. The van der Waals surface area contributed by atoms with Crippen LogP contribution < -0.4 is 0 Å². The summed E-state index contributed by atoms with van der Waals surface area (Å²) in [4.78, 5) is 7.30. The predicted octanol–water partition coefficient (Wildman–Crippen LogP) is 4.39. The number of rotatable bonds is 2. The molecule has 0 unspecified atom stereocenters. The molecule has 0 aliphatic rings. The number of hydrogen-bond donors (Lipinski definition) is 2. The molecule has 0 amide bonds. The quantitative estimate of drug-likeness (QED) is 0.677. The standard InChI is InChI=1S/C15H11BrN2O/c16-10-5-7-11(8-6-10)17-9-13-12-3-1-2-4-14(12)18-15(13)19/h1-9,18-19H. The van der Waals surface area contributed by atoms with Crippen molar-refractivity contribution in [2.24, 2.45) is 4.99 Å². The van der Waals surface area contributed by atoms with Gasteiger partial charge in [-0.25, -0.2) is 0 Å². The summed E-state index contributed by atoms with van der Waals surface area (Å²) >= 11 is 3.38. The van der Waals surface area contributed by atoms with E-state index in [1.54, 1.807) is 6.21 Å². The van der Waals surface area contributed by atoms with Crippen LogP contribution in [-0.4, -0.2) is 16.3 Å². The minimum atomic E-state index is 0.141. The highest BCUT2D eigenvalue weighted by Crippen LogP contribution is 2.26. The van der Waals surface area contributed by atoms with E-state index in [4.69, 9.17) is 0 Å². The van der Waals surface area contributed by atoms with Gasteiger partial charge in [-0.3, -0.25) is 4.99 Å². The number of aromatic hydroxyl groups is 1. The molecule has 94 valence electrons. The molecule has 1 aromatic heterocycles. The molecule has 4 heteroatoms. The Morgan fingerprint density at radius 2 is 1.79 bits per heavy atom. The fourth-order valence-electron chi connectivity index (χ4n) is 1.95. The van der Waals surface area contributed by atoms with Gasteiger partial charge in [0.15, 0.2) is 5.88 Å². The Labute approximate surface area is 118 Å². The van der Waals surface area contributed by atoms with E-state index in [1.165, 1.54) is 0 Å². The van der Waals surface area contributed by atoms with Crippen molar-refractivity contribution in [3.05, 3.63) is 58.6 Å². The molecule has 19 heavy (non-hydrogen) atoms. The third-order valence-corrected chi connectivity index (χ3v) is 3.42. The van der Waals surface area contributed by atoms with E-state index < -0.39 is 0 Å². The van der Waals surface area contributed by atoms with Gasteiger partial charge >= 0.3 is 0 Å². The number of nitrogens with one attached hydrogen (secondary N) is 1. The van der Waals surface area contributed by atoms with Crippen molar-refractivity contribution in [2.75, 3.05) is 0 Å². The first-order valence-electron chi connectivity index (χ1n) is 5.83. The van der Waals surface area contributed by atoms with Gasteiger partial charge in [0.2, 0.25) is 0 Å². The molecule has 0 spiro atoms. The lowest BCUT2D eigenvalue weighted by atomic mass is 10.2. The summed E-state index contributed by atoms with van der Waals surface area (Å²) < 4.78 is 1.02. The first kappa shape index (κ1) is 12.0. The van der Waals surface area contributed by atoms with E-state index in [2.05, 4.69) is 25.9 Å². The third kappa shape index (κ3) is 2.39. The molecule has 0 atom stereocenters. The average molecular weight is 315 g/mol. The molecule has 0 aliphatic heterocycles. The number of benzene rings is 2. The average Bonchev–Trinajstić information content (AvgIpc) is 2.74. The molecule has 3 nitrogen and oxygen atoms in total. The summed E-state index contributed by atoms with van der Waals surface area (Å²) in [6.45, 7) is 0. The van der Waals surface area contributed by atoms with E-state index in [0.717, 1.165) is 21.1 Å². The molecule has 3 rings (SSSR count). The largest absolute Gasteiger partial charge is 0.494 e. The molecule has 0 radical (unpaired) electrons. The summed E-state index contributed by atoms with van der Waals surface area (Å²) in [5.41, 5.74) is 2.45. The Kier molecular flexibility index (Phi) is 3.09. The monoisotopic (exact) mass is 314 g/mol. The highest BCUT2D eigenvalue weighted by atomic mass is 79.9. The number of halogens is 1. The molecule has 0 saturated carbocycles. The number of aromatic nitrogens is 1. The molecular weight excluding hydrogens is 304 g/mol. The number of H-pyrrole nitrogens is 1. The van der Waals surface area contributed by atoms with E-state index in [9.17, 15) is 5.11 Å². The number of para-hydroxylation sites is 1. The lowest BCUT2D eigenvalue weighted by Crippen LogP contribution is -1.78. The van der Waals surface area contributed by atoms with Crippen LogP contribution in [0.1, 0.15) is 5.56 Å². The lowest BCUT2D eigenvalue weighted by Gasteiger charge is -1.94. The Hall–Kier alpha value is -2.07. The zero-order chi connectivity index (χ0) is 13.2. The van der Waals surface area contributed by atoms with Crippen LogP contribution in [0.3, 0.4) is 0 Å². The minimum Gasteiger partial charge on any atom is -0.494 e. The molecular formula is C15H11BrN2O. The van der Waals surface area contributed by atoms with Crippen LogP contribution in [0.2, 0.25) is 0 Å². The fourth-order valence-corrected chi connectivity index (χ4v) is 2.21. The molecule has 0 saturated heterocycles. The van der Waals surface area contributed by atoms with Gasteiger partial charge in [0, 0.05) is 21.6 Å². The van der Waals surface area contributed by atoms with Gasteiger partial charge in [0.1, 0.15) is 0 Å². The highest BCUT2D eigenvalue weighted by Gasteiger charge is 2.07. The summed E-state index contributed by atoms with van der Waals surface area (Å²) in [7, 11) is 0. The minimum absolute atomic E-state index is 0.141. The maximum absolute atomic E-state index is 9.90. The second-order valence-electron chi connectivity index (χ2n) is 4.17. The first-order valence-corrected chi connectivity index (χ1v) is 6.62. The second-order valence-corrected chi connectivity index (χ2v) is 5.08. The maximum atomic E-state index is 9.90. The SMILES string of the molecule is Oc1[nH]c2ccccc2c1C=Nc1ccc(Br)cc1. The van der Waals surface area contributed by atoms with Crippen molar-refractivity contribution >= 4 is 38.7 Å². The van der Waals surface area contributed by atoms with Crippen LogP contribution in [0.15, 0.2) is 58.0 Å². The van der Waals surface area contributed by atoms with E-state index >= 15 is 0 Å². The van der Waals surface area contributed by atoms with E-state index in [1.807, 2.05) is 48.5 Å². The van der Waals surface area contributed by atoms with Gasteiger partial charge in [0.05, 0.1) is 11.3 Å². The molecule has 3 aromatic rings. The molecule has 0 fully saturated rings.